The topological polar surface area (TPSA) is 38.2 Å². The molecule has 0 unspecified atom stereocenters. The Labute approximate surface area is 124 Å². The lowest BCUT2D eigenvalue weighted by Crippen LogP contribution is -2.21. The van der Waals surface area contributed by atoms with Crippen LogP contribution in [0, 0.1) is 6.92 Å². The van der Waals surface area contributed by atoms with Crippen molar-refractivity contribution in [1.82, 2.24) is 9.97 Å². The summed E-state index contributed by atoms with van der Waals surface area (Å²) in [5, 5.41) is 0.691. The summed E-state index contributed by atoms with van der Waals surface area (Å²) >= 11 is 5.90. The fourth-order valence-electron chi connectivity index (χ4n) is 1.81. The van der Waals surface area contributed by atoms with Crippen LogP contribution in [0.3, 0.4) is 0 Å². The molecule has 1 aromatic heterocycles. The summed E-state index contributed by atoms with van der Waals surface area (Å²) in [6.45, 7) is 3.48. The number of ether oxygens (including phenoxy) is 1. The maximum atomic E-state index is 5.90. The van der Waals surface area contributed by atoms with Gasteiger partial charge in [0.2, 0.25) is 0 Å². The molecule has 0 saturated heterocycles. The van der Waals surface area contributed by atoms with Gasteiger partial charge in [-0.25, -0.2) is 9.97 Å². The molecule has 0 aliphatic rings. The van der Waals surface area contributed by atoms with Crippen LogP contribution in [0.4, 0.5) is 5.82 Å². The maximum Gasteiger partial charge on any atom is 0.131 e. The molecule has 0 fully saturated rings. The predicted molar refractivity (Wildman–Crippen MR) is 81.6 cm³/mol. The standard InChI is InChI=1S/C15H18ClN3O/c1-12-9-15(18-11-17-12)19(2)7-4-8-20-14-6-3-5-13(16)10-14/h3,5-6,9-11H,4,7-8H2,1-2H3. The van der Waals surface area contributed by atoms with Crippen LogP contribution in [0.5, 0.6) is 5.75 Å². The number of benzene rings is 1. The van der Waals surface area contributed by atoms with E-state index in [0.29, 0.717) is 11.6 Å². The zero-order chi connectivity index (χ0) is 14.4. The highest BCUT2D eigenvalue weighted by Crippen LogP contribution is 2.17. The molecule has 0 aliphatic carbocycles. The van der Waals surface area contributed by atoms with Crippen molar-refractivity contribution in [3.05, 3.63) is 47.4 Å². The number of halogens is 1. The third kappa shape index (κ3) is 4.38. The van der Waals surface area contributed by atoms with Gasteiger partial charge in [0, 0.05) is 30.4 Å². The quantitative estimate of drug-likeness (QED) is 0.765. The van der Waals surface area contributed by atoms with Crippen LogP contribution < -0.4 is 9.64 Å². The van der Waals surface area contributed by atoms with E-state index in [1.54, 1.807) is 6.33 Å². The number of aryl methyl sites for hydroxylation is 1. The maximum absolute atomic E-state index is 5.90. The molecule has 1 aromatic carbocycles. The third-order valence-corrected chi connectivity index (χ3v) is 3.12. The average molecular weight is 292 g/mol. The molecule has 0 saturated carbocycles. The van der Waals surface area contributed by atoms with E-state index in [0.717, 1.165) is 30.2 Å². The van der Waals surface area contributed by atoms with Crippen molar-refractivity contribution in [3.63, 3.8) is 0 Å². The minimum Gasteiger partial charge on any atom is -0.493 e. The van der Waals surface area contributed by atoms with Crippen LogP contribution in [0.25, 0.3) is 0 Å². The van der Waals surface area contributed by atoms with Crippen molar-refractivity contribution in [2.24, 2.45) is 0 Å². The van der Waals surface area contributed by atoms with Gasteiger partial charge in [0.05, 0.1) is 6.61 Å². The molecular formula is C15H18ClN3O. The molecule has 4 nitrogen and oxygen atoms in total. The van der Waals surface area contributed by atoms with Gasteiger partial charge in [-0.1, -0.05) is 17.7 Å². The summed E-state index contributed by atoms with van der Waals surface area (Å²) in [5.74, 6) is 1.73. The van der Waals surface area contributed by atoms with E-state index in [1.165, 1.54) is 0 Å². The van der Waals surface area contributed by atoms with Crippen LogP contribution in [0.1, 0.15) is 12.1 Å². The zero-order valence-corrected chi connectivity index (χ0v) is 12.5. The summed E-state index contributed by atoms with van der Waals surface area (Å²) in [4.78, 5) is 10.4. The molecule has 20 heavy (non-hydrogen) atoms. The monoisotopic (exact) mass is 291 g/mol. The van der Waals surface area contributed by atoms with Gasteiger partial charge in [-0.2, -0.15) is 0 Å². The first-order valence-corrected chi connectivity index (χ1v) is 6.91. The van der Waals surface area contributed by atoms with E-state index in [9.17, 15) is 0 Å². The van der Waals surface area contributed by atoms with Gasteiger partial charge in [-0.15, -0.1) is 0 Å². The SMILES string of the molecule is Cc1cc(N(C)CCCOc2cccc(Cl)c2)ncn1. The van der Waals surface area contributed by atoms with Crippen molar-refractivity contribution in [1.29, 1.82) is 0 Å². The Kier molecular flexibility index (Phi) is 5.18. The van der Waals surface area contributed by atoms with E-state index in [-0.39, 0.29) is 0 Å². The highest BCUT2D eigenvalue weighted by atomic mass is 35.5. The summed E-state index contributed by atoms with van der Waals surface area (Å²) in [5.41, 5.74) is 0.969. The molecule has 106 valence electrons. The van der Waals surface area contributed by atoms with Crippen LogP contribution >= 0.6 is 11.6 Å². The van der Waals surface area contributed by atoms with Gasteiger partial charge in [0.25, 0.3) is 0 Å². The summed E-state index contributed by atoms with van der Waals surface area (Å²) in [6, 6.07) is 9.41. The first-order valence-electron chi connectivity index (χ1n) is 6.53. The van der Waals surface area contributed by atoms with Crippen molar-refractivity contribution in [2.75, 3.05) is 25.1 Å². The van der Waals surface area contributed by atoms with E-state index in [1.807, 2.05) is 44.3 Å². The van der Waals surface area contributed by atoms with E-state index < -0.39 is 0 Å². The molecular weight excluding hydrogens is 274 g/mol. The fraction of sp³-hybridized carbons (Fsp3) is 0.333. The Bertz CT molecular complexity index is 562. The van der Waals surface area contributed by atoms with Crippen molar-refractivity contribution < 1.29 is 4.74 Å². The molecule has 0 amide bonds. The van der Waals surface area contributed by atoms with Crippen molar-refractivity contribution in [3.8, 4) is 5.75 Å². The van der Waals surface area contributed by atoms with Gasteiger partial charge in [-0.3, -0.25) is 0 Å². The smallest absolute Gasteiger partial charge is 0.131 e. The first kappa shape index (κ1) is 14.6. The molecule has 5 heteroatoms. The zero-order valence-electron chi connectivity index (χ0n) is 11.7. The van der Waals surface area contributed by atoms with Gasteiger partial charge in [-0.05, 0) is 31.5 Å². The van der Waals surface area contributed by atoms with Gasteiger partial charge >= 0.3 is 0 Å². The minimum atomic E-state index is 0.648. The van der Waals surface area contributed by atoms with Gasteiger partial charge in [0.15, 0.2) is 0 Å². The Hall–Kier alpha value is -1.81. The highest BCUT2D eigenvalue weighted by molar-refractivity contribution is 6.30. The molecule has 2 aromatic rings. The van der Waals surface area contributed by atoms with Crippen LogP contribution in [0.15, 0.2) is 36.7 Å². The normalized spacial score (nSPS) is 10.3. The Morgan fingerprint density at radius 2 is 2.10 bits per heavy atom. The molecule has 0 N–H and O–H groups in total. The van der Waals surface area contributed by atoms with Gasteiger partial charge in [0.1, 0.15) is 17.9 Å². The van der Waals surface area contributed by atoms with Crippen molar-refractivity contribution >= 4 is 17.4 Å². The number of nitrogens with zero attached hydrogens (tertiary/aromatic N) is 3. The van der Waals surface area contributed by atoms with Crippen LogP contribution in [-0.4, -0.2) is 30.2 Å². The largest absolute Gasteiger partial charge is 0.493 e. The van der Waals surface area contributed by atoms with Crippen LogP contribution in [-0.2, 0) is 0 Å². The lowest BCUT2D eigenvalue weighted by Gasteiger charge is -2.18. The second kappa shape index (κ2) is 7.10. The number of hydrogen-bond donors (Lipinski definition) is 0. The van der Waals surface area contributed by atoms with E-state index in [4.69, 9.17) is 16.3 Å². The molecule has 2 rings (SSSR count). The van der Waals surface area contributed by atoms with Gasteiger partial charge < -0.3 is 9.64 Å². The molecule has 0 atom stereocenters. The third-order valence-electron chi connectivity index (χ3n) is 2.88. The number of hydrogen-bond acceptors (Lipinski definition) is 4. The number of anilines is 1. The summed E-state index contributed by atoms with van der Waals surface area (Å²) in [6.07, 6.45) is 2.50. The number of aromatic nitrogens is 2. The first-order chi connectivity index (χ1) is 9.65. The second-order valence-electron chi connectivity index (χ2n) is 4.60. The van der Waals surface area contributed by atoms with E-state index >= 15 is 0 Å². The Balaban J connectivity index is 1.76. The molecule has 0 aliphatic heterocycles. The van der Waals surface area contributed by atoms with E-state index in [2.05, 4.69) is 14.9 Å². The molecule has 0 radical (unpaired) electrons. The summed E-state index contributed by atoms with van der Waals surface area (Å²) < 4.78 is 5.65. The molecule has 1 heterocycles. The molecule has 0 bridgehead atoms. The highest BCUT2D eigenvalue weighted by Gasteiger charge is 2.03. The predicted octanol–water partition coefficient (Wildman–Crippen LogP) is 3.34. The second-order valence-corrected chi connectivity index (χ2v) is 5.03. The lowest BCUT2D eigenvalue weighted by molar-refractivity contribution is 0.312. The lowest BCUT2D eigenvalue weighted by atomic mass is 10.3. The summed E-state index contributed by atoms with van der Waals surface area (Å²) in [7, 11) is 2.02. The van der Waals surface area contributed by atoms with Crippen molar-refractivity contribution in [2.45, 2.75) is 13.3 Å². The minimum absolute atomic E-state index is 0.648. The number of rotatable bonds is 6. The average Bonchev–Trinajstić information content (AvgIpc) is 2.43. The molecule has 0 spiro atoms. The van der Waals surface area contributed by atoms with Crippen LogP contribution in [0.2, 0.25) is 5.02 Å². The Morgan fingerprint density at radius 1 is 1.25 bits per heavy atom. The fourth-order valence-corrected chi connectivity index (χ4v) is 1.99. The Morgan fingerprint density at radius 3 is 2.85 bits per heavy atom.